The third kappa shape index (κ3) is 5.66. The van der Waals surface area contributed by atoms with E-state index in [-0.39, 0.29) is 5.91 Å². The molecule has 1 heterocycles. The Morgan fingerprint density at radius 2 is 1.96 bits per heavy atom. The summed E-state index contributed by atoms with van der Waals surface area (Å²) < 4.78 is -1.64. The number of aromatic nitrogens is 1. The maximum atomic E-state index is 12.3. The third-order valence-corrected chi connectivity index (χ3v) is 3.97. The number of halogens is 3. The Balaban J connectivity index is 2.04. The maximum Gasteiger partial charge on any atom is 0.262 e. The Morgan fingerprint density at radius 3 is 2.52 bits per heavy atom. The molecule has 4 nitrogen and oxygen atoms in total. The van der Waals surface area contributed by atoms with E-state index in [0.29, 0.717) is 12.1 Å². The number of pyridine rings is 1. The molecule has 7 heteroatoms. The van der Waals surface area contributed by atoms with Crippen molar-refractivity contribution >= 4 is 40.7 Å². The minimum absolute atomic E-state index is 0.288. The smallest absolute Gasteiger partial charge is 0.262 e. The van der Waals surface area contributed by atoms with Crippen LogP contribution >= 0.6 is 34.8 Å². The van der Waals surface area contributed by atoms with Crippen molar-refractivity contribution in [2.75, 3.05) is 0 Å². The van der Waals surface area contributed by atoms with E-state index in [1.165, 1.54) is 0 Å². The molecule has 0 saturated carbocycles. The van der Waals surface area contributed by atoms with Crippen molar-refractivity contribution in [1.29, 1.82) is 0 Å². The first-order valence-electron chi connectivity index (χ1n) is 7.03. The maximum absolute atomic E-state index is 12.3. The van der Waals surface area contributed by atoms with Gasteiger partial charge in [-0.05, 0) is 25.1 Å². The number of carbonyl (C=O) groups excluding carboxylic acids is 1. The Kier molecular flexibility index (Phi) is 6.25. The topological polar surface area (TPSA) is 58.6 Å². The van der Waals surface area contributed by atoms with Crippen molar-refractivity contribution in [3.8, 4) is 0 Å². The van der Waals surface area contributed by atoms with Gasteiger partial charge < -0.3 is 5.32 Å². The van der Waals surface area contributed by atoms with E-state index in [2.05, 4.69) is 10.3 Å². The number of hydrogen-bond acceptors (Lipinski definition) is 2. The fourth-order valence-corrected chi connectivity index (χ4v) is 2.41. The number of nitrogens with zero attached hydrogens (tertiary/aromatic N) is 1. The van der Waals surface area contributed by atoms with Gasteiger partial charge in [0.25, 0.3) is 9.70 Å². The molecule has 0 bridgehead atoms. The zero-order valence-electron chi connectivity index (χ0n) is 12.5. The molecule has 2 aromatic rings. The molecule has 1 aromatic carbocycles. The minimum Gasteiger partial charge on any atom is -0.319 e. The number of nitrogens with one attached hydrogen (secondary N) is 1. The standard InChI is InChI=1S/C16H16Cl3N3O/c1-11-4-6-13(7-5-11)14(23)22-15(16(17,18)19)21-10-12-3-2-8-20-9-12/h2-9,15,21H,10H2,1H3,(H,22,23)/p+1/t15-/m1/s1. The summed E-state index contributed by atoms with van der Waals surface area (Å²) in [5, 5.41) is 4.51. The molecular formula is C16H17Cl3N3O+. The number of benzene rings is 1. The summed E-state index contributed by atoms with van der Waals surface area (Å²) in [5.74, 6) is -0.288. The van der Waals surface area contributed by atoms with Crippen LogP contribution in [0.15, 0.2) is 48.8 Å². The second kappa shape index (κ2) is 7.97. The molecule has 23 heavy (non-hydrogen) atoms. The predicted molar refractivity (Wildman–Crippen MR) is 92.6 cm³/mol. The highest BCUT2D eigenvalue weighted by atomic mass is 35.6. The van der Waals surface area contributed by atoms with Gasteiger partial charge in [-0.2, -0.15) is 0 Å². The number of carbonyl (C=O) groups is 1. The largest absolute Gasteiger partial charge is 0.319 e. The second-order valence-electron chi connectivity index (χ2n) is 5.16. The summed E-state index contributed by atoms with van der Waals surface area (Å²) in [5.41, 5.74) is 2.56. The van der Waals surface area contributed by atoms with Gasteiger partial charge in [-0.15, -0.1) is 0 Å². The average molecular weight is 374 g/mol. The van der Waals surface area contributed by atoms with Crippen LogP contribution in [0.2, 0.25) is 0 Å². The SMILES string of the molecule is Cc1ccc(C(=O)N[C@@H]([NH2+]Cc2cccnc2)C(Cl)(Cl)Cl)cc1. The lowest BCUT2D eigenvalue weighted by molar-refractivity contribution is -0.706. The van der Waals surface area contributed by atoms with Gasteiger partial charge in [-0.1, -0.05) is 58.6 Å². The van der Waals surface area contributed by atoms with Crippen molar-refractivity contribution in [3.05, 3.63) is 65.5 Å². The normalized spacial score (nSPS) is 12.7. The Hall–Kier alpha value is -1.33. The number of alkyl halides is 3. The summed E-state index contributed by atoms with van der Waals surface area (Å²) >= 11 is 18.0. The first kappa shape index (κ1) is 18.0. The summed E-state index contributed by atoms with van der Waals surface area (Å²) in [6, 6.07) is 10.9. The average Bonchev–Trinajstić information content (AvgIpc) is 2.51. The van der Waals surface area contributed by atoms with E-state index < -0.39 is 9.96 Å². The molecule has 1 atom stereocenters. The Bertz CT molecular complexity index is 642. The van der Waals surface area contributed by atoms with Crippen LogP contribution < -0.4 is 10.6 Å². The van der Waals surface area contributed by atoms with E-state index in [1.807, 2.05) is 31.2 Å². The van der Waals surface area contributed by atoms with Crippen molar-refractivity contribution in [3.63, 3.8) is 0 Å². The first-order valence-corrected chi connectivity index (χ1v) is 8.16. The second-order valence-corrected chi connectivity index (χ2v) is 7.53. The molecule has 0 fully saturated rings. The molecule has 3 N–H and O–H groups in total. The molecule has 2 rings (SSSR count). The number of aryl methyl sites for hydroxylation is 1. The lowest BCUT2D eigenvalue weighted by atomic mass is 10.1. The molecule has 0 radical (unpaired) electrons. The summed E-state index contributed by atoms with van der Waals surface area (Å²) in [6.07, 6.45) is 2.70. The lowest BCUT2D eigenvalue weighted by Gasteiger charge is -2.23. The van der Waals surface area contributed by atoms with Gasteiger partial charge in [0.2, 0.25) is 6.17 Å². The van der Waals surface area contributed by atoms with Crippen LogP contribution in [0.3, 0.4) is 0 Å². The highest BCUT2D eigenvalue weighted by Crippen LogP contribution is 2.27. The van der Waals surface area contributed by atoms with Gasteiger partial charge in [-0.25, -0.2) is 0 Å². The molecule has 0 saturated heterocycles. The van der Waals surface area contributed by atoms with Gasteiger partial charge >= 0.3 is 0 Å². The van der Waals surface area contributed by atoms with Crippen LogP contribution in [-0.4, -0.2) is 20.8 Å². The van der Waals surface area contributed by atoms with Gasteiger partial charge in [0.05, 0.1) is 0 Å². The number of nitrogens with two attached hydrogens (primary N) is 1. The summed E-state index contributed by atoms with van der Waals surface area (Å²) in [6.45, 7) is 2.48. The fraction of sp³-hybridized carbons (Fsp3) is 0.250. The lowest BCUT2D eigenvalue weighted by Crippen LogP contribution is -2.95. The van der Waals surface area contributed by atoms with Crippen molar-refractivity contribution in [1.82, 2.24) is 10.3 Å². The van der Waals surface area contributed by atoms with Crippen molar-refractivity contribution in [2.24, 2.45) is 0 Å². The number of rotatable bonds is 5. The summed E-state index contributed by atoms with van der Waals surface area (Å²) in [4.78, 5) is 16.3. The van der Waals surface area contributed by atoms with Crippen LogP contribution in [0.5, 0.6) is 0 Å². The molecule has 1 aromatic heterocycles. The van der Waals surface area contributed by atoms with Crippen LogP contribution in [-0.2, 0) is 6.54 Å². The first-order chi connectivity index (χ1) is 10.9. The van der Waals surface area contributed by atoms with Gasteiger partial charge in [0.15, 0.2) is 0 Å². The third-order valence-electron chi connectivity index (χ3n) is 3.27. The van der Waals surface area contributed by atoms with Crippen LogP contribution in [0, 0.1) is 6.92 Å². The zero-order chi connectivity index (χ0) is 16.9. The van der Waals surface area contributed by atoms with Crippen LogP contribution in [0.1, 0.15) is 21.5 Å². The molecule has 0 spiro atoms. The van der Waals surface area contributed by atoms with Gasteiger partial charge in [-0.3, -0.25) is 15.1 Å². The van der Waals surface area contributed by atoms with Gasteiger partial charge in [0.1, 0.15) is 6.54 Å². The highest BCUT2D eigenvalue weighted by Gasteiger charge is 2.37. The van der Waals surface area contributed by atoms with E-state index >= 15 is 0 Å². The Labute approximate surface area is 150 Å². The van der Waals surface area contributed by atoms with Gasteiger partial charge in [0, 0.05) is 23.5 Å². The highest BCUT2D eigenvalue weighted by molar-refractivity contribution is 6.68. The zero-order valence-corrected chi connectivity index (χ0v) is 14.7. The van der Waals surface area contributed by atoms with Crippen molar-refractivity contribution in [2.45, 2.75) is 23.4 Å². The van der Waals surface area contributed by atoms with E-state index in [1.54, 1.807) is 29.8 Å². The monoisotopic (exact) mass is 372 g/mol. The fourth-order valence-electron chi connectivity index (χ4n) is 1.98. The van der Waals surface area contributed by atoms with E-state index in [9.17, 15) is 4.79 Å². The van der Waals surface area contributed by atoms with Crippen LogP contribution in [0.4, 0.5) is 0 Å². The van der Waals surface area contributed by atoms with Crippen molar-refractivity contribution < 1.29 is 10.1 Å². The molecule has 0 aliphatic rings. The molecule has 0 aliphatic carbocycles. The molecule has 0 aliphatic heterocycles. The predicted octanol–water partition coefficient (Wildman–Crippen LogP) is 2.58. The van der Waals surface area contributed by atoms with Crippen LogP contribution in [0.25, 0.3) is 0 Å². The quantitative estimate of drug-likeness (QED) is 0.625. The summed E-state index contributed by atoms with van der Waals surface area (Å²) in [7, 11) is 0. The number of hydrogen-bond donors (Lipinski definition) is 2. The minimum atomic E-state index is -1.64. The molecule has 0 unspecified atom stereocenters. The Morgan fingerprint density at radius 1 is 1.26 bits per heavy atom. The molecule has 122 valence electrons. The molecular weight excluding hydrogens is 357 g/mol. The molecule has 1 amide bonds. The number of amides is 1. The number of quaternary nitrogens is 1. The van der Waals surface area contributed by atoms with E-state index in [4.69, 9.17) is 34.8 Å². The van der Waals surface area contributed by atoms with E-state index in [0.717, 1.165) is 11.1 Å².